The maximum absolute atomic E-state index is 4.15. The number of hydrogen-bond acceptors (Lipinski definition) is 1. The summed E-state index contributed by atoms with van der Waals surface area (Å²) in [6.45, 7) is 2.11. The summed E-state index contributed by atoms with van der Waals surface area (Å²) in [5.74, 6) is 0.477. The third-order valence-corrected chi connectivity index (χ3v) is 2.35. The van der Waals surface area contributed by atoms with Crippen molar-refractivity contribution in [2.45, 2.75) is 19.3 Å². The van der Waals surface area contributed by atoms with Gasteiger partial charge in [-0.05, 0) is 18.9 Å². The Morgan fingerprint density at radius 2 is 2.00 bits per heavy atom. The van der Waals surface area contributed by atoms with Gasteiger partial charge in [0.1, 0.15) is 0 Å². The van der Waals surface area contributed by atoms with Crippen LogP contribution >= 0.6 is 0 Å². The quantitative estimate of drug-likeness (QED) is 0.615. The first kappa shape index (κ1) is 8.24. The first-order valence-electron chi connectivity index (χ1n) is 4.61. The average molecular weight is 171 g/mol. The Bertz CT molecular complexity index is 333. The van der Waals surface area contributed by atoms with Gasteiger partial charge in [-0.15, -0.1) is 0 Å². The fraction of sp³-hybridized carbons (Fsp3) is 0.250. The van der Waals surface area contributed by atoms with Crippen LogP contribution in [0.1, 0.15) is 23.5 Å². The number of aryl methyl sites for hydroxylation is 1. The van der Waals surface area contributed by atoms with Crippen LogP contribution in [-0.4, -0.2) is 6.21 Å². The van der Waals surface area contributed by atoms with Crippen LogP contribution in [0.15, 0.2) is 41.5 Å². The second-order valence-corrected chi connectivity index (χ2v) is 3.44. The van der Waals surface area contributed by atoms with Crippen molar-refractivity contribution in [2.24, 2.45) is 4.99 Å². The fourth-order valence-electron chi connectivity index (χ4n) is 1.52. The van der Waals surface area contributed by atoms with Crippen LogP contribution in [-0.2, 0) is 0 Å². The summed E-state index contributed by atoms with van der Waals surface area (Å²) >= 11 is 0. The van der Waals surface area contributed by atoms with E-state index in [1.165, 1.54) is 11.1 Å². The number of allylic oxidation sites excluding steroid dienone is 1. The van der Waals surface area contributed by atoms with Gasteiger partial charge in [-0.3, -0.25) is 4.99 Å². The van der Waals surface area contributed by atoms with Crippen LogP contribution < -0.4 is 0 Å². The van der Waals surface area contributed by atoms with E-state index in [-0.39, 0.29) is 0 Å². The van der Waals surface area contributed by atoms with Crippen molar-refractivity contribution in [1.82, 2.24) is 0 Å². The van der Waals surface area contributed by atoms with E-state index in [1.54, 1.807) is 0 Å². The zero-order chi connectivity index (χ0) is 9.10. The van der Waals surface area contributed by atoms with Crippen LogP contribution in [0.4, 0.5) is 0 Å². The first-order chi connectivity index (χ1) is 6.36. The molecule has 0 N–H and O–H groups in total. The normalized spacial score (nSPS) is 20.5. The summed E-state index contributed by atoms with van der Waals surface area (Å²) in [6, 6.07) is 8.68. The molecule has 66 valence electrons. The van der Waals surface area contributed by atoms with Gasteiger partial charge in [0.2, 0.25) is 0 Å². The molecular formula is C12H13N. The molecule has 0 spiro atoms. The molecule has 13 heavy (non-hydrogen) atoms. The Balaban J connectivity index is 2.21. The Morgan fingerprint density at radius 3 is 2.62 bits per heavy atom. The smallest absolute Gasteiger partial charge is 0.0228 e. The minimum Gasteiger partial charge on any atom is -0.269 e. The highest BCUT2D eigenvalue weighted by molar-refractivity contribution is 5.69. The van der Waals surface area contributed by atoms with Gasteiger partial charge in [-0.25, -0.2) is 0 Å². The van der Waals surface area contributed by atoms with E-state index in [4.69, 9.17) is 0 Å². The molecule has 1 nitrogen and oxygen atoms in total. The average Bonchev–Trinajstić information content (AvgIpc) is 2.20. The van der Waals surface area contributed by atoms with Crippen molar-refractivity contribution in [3.63, 3.8) is 0 Å². The van der Waals surface area contributed by atoms with Crippen LogP contribution in [0.5, 0.6) is 0 Å². The first-order valence-corrected chi connectivity index (χ1v) is 4.61. The van der Waals surface area contributed by atoms with Crippen molar-refractivity contribution in [2.75, 3.05) is 0 Å². The van der Waals surface area contributed by atoms with Gasteiger partial charge in [0.05, 0.1) is 0 Å². The van der Waals surface area contributed by atoms with E-state index < -0.39 is 0 Å². The Morgan fingerprint density at radius 1 is 1.23 bits per heavy atom. The molecule has 0 amide bonds. The van der Waals surface area contributed by atoms with E-state index in [0.717, 1.165) is 6.42 Å². The molecule has 0 aliphatic carbocycles. The predicted molar refractivity (Wildman–Crippen MR) is 56.2 cm³/mol. The zero-order valence-corrected chi connectivity index (χ0v) is 7.77. The van der Waals surface area contributed by atoms with Crippen molar-refractivity contribution in [3.05, 3.63) is 47.7 Å². The lowest BCUT2D eigenvalue weighted by Crippen LogP contribution is -2.01. The third-order valence-electron chi connectivity index (χ3n) is 2.35. The monoisotopic (exact) mass is 171 g/mol. The fourth-order valence-corrected chi connectivity index (χ4v) is 1.52. The molecule has 1 heteroatoms. The summed E-state index contributed by atoms with van der Waals surface area (Å²) < 4.78 is 0. The van der Waals surface area contributed by atoms with E-state index in [9.17, 15) is 0 Å². The molecule has 1 aliphatic rings. The van der Waals surface area contributed by atoms with Gasteiger partial charge in [0, 0.05) is 18.3 Å². The number of aliphatic imine (C=N–C) groups is 1. The summed E-state index contributed by atoms with van der Waals surface area (Å²) in [6.07, 6.45) is 7.08. The van der Waals surface area contributed by atoms with Gasteiger partial charge < -0.3 is 0 Å². The van der Waals surface area contributed by atoms with E-state index in [0.29, 0.717) is 5.92 Å². The summed E-state index contributed by atoms with van der Waals surface area (Å²) in [5.41, 5.74) is 2.67. The highest BCUT2D eigenvalue weighted by Crippen LogP contribution is 2.20. The van der Waals surface area contributed by atoms with Gasteiger partial charge >= 0.3 is 0 Å². The second kappa shape index (κ2) is 3.56. The second-order valence-electron chi connectivity index (χ2n) is 3.44. The summed E-state index contributed by atoms with van der Waals surface area (Å²) in [4.78, 5) is 4.15. The molecule has 1 atom stereocenters. The maximum atomic E-state index is 4.15. The molecule has 0 aromatic heterocycles. The van der Waals surface area contributed by atoms with E-state index in [1.807, 2.05) is 12.4 Å². The Kier molecular flexibility index (Phi) is 2.26. The van der Waals surface area contributed by atoms with Crippen LogP contribution in [0.25, 0.3) is 0 Å². The molecule has 0 radical (unpaired) electrons. The SMILES string of the molecule is Cc1ccc(C2C=NC=CC2)cc1. The van der Waals surface area contributed by atoms with Gasteiger partial charge in [-0.2, -0.15) is 0 Å². The molecule has 1 heterocycles. The van der Waals surface area contributed by atoms with Crippen molar-refractivity contribution in [1.29, 1.82) is 0 Å². The maximum Gasteiger partial charge on any atom is 0.0228 e. The van der Waals surface area contributed by atoms with E-state index >= 15 is 0 Å². The van der Waals surface area contributed by atoms with E-state index in [2.05, 4.69) is 42.3 Å². The number of hydrogen-bond donors (Lipinski definition) is 0. The van der Waals surface area contributed by atoms with Crippen molar-refractivity contribution >= 4 is 6.21 Å². The molecule has 1 unspecified atom stereocenters. The molecule has 0 saturated carbocycles. The highest BCUT2D eigenvalue weighted by atomic mass is 14.7. The van der Waals surface area contributed by atoms with Crippen LogP contribution in [0.3, 0.4) is 0 Å². The standard InChI is InChI=1S/C12H13N/c1-10-4-6-11(7-5-10)12-3-2-8-13-9-12/h2,4-9,12H,3H2,1H3. The minimum atomic E-state index is 0.477. The number of rotatable bonds is 1. The molecule has 2 rings (SSSR count). The van der Waals surface area contributed by atoms with Crippen molar-refractivity contribution < 1.29 is 0 Å². The topological polar surface area (TPSA) is 12.4 Å². The van der Waals surface area contributed by atoms with Crippen LogP contribution in [0.2, 0.25) is 0 Å². The molecule has 1 aromatic rings. The lowest BCUT2D eigenvalue weighted by atomic mass is 9.95. The van der Waals surface area contributed by atoms with Gasteiger partial charge in [-0.1, -0.05) is 35.9 Å². The molecule has 0 bridgehead atoms. The molecule has 1 aromatic carbocycles. The minimum absolute atomic E-state index is 0.477. The lowest BCUT2D eigenvalue weighted by molar-refractivity contribution is 0.908. The molecular weight excluding hydrogens is 158 g/mol. The molecule has 0 saturated heterocycles. The number of nitrogens with zero attached hydrogens (tertiary/aromatic N) is 1. The van der Waals surface area contributed by atoms with Gasteiger partial charge in [0.15, 0.2) is 0 Å². The zero-order valence-electron chi connectivity index (χ0n) is 7.77. The molecule has 1 aliphatic heterocycles. The predicted octanol–water partition coefficient (Wildman–Crippen LogP) is 3.07. The third kappa shape index (κ3) is 1.86. The summed E-state index contributed by atoms with van der Waals surface area (Å²) in [7, 11) is 0. The highest BCUT2D eigenvalue weighted by Gasteiger charge is 2.08. The largest absolute Gasteiger partial charge is 0.269 e. The van der Waals surface area contributed by atoms with Crippen molar-refractivity contribution in [3.8, 4) is 0 Å². The Labute approximate surface area is 78.8 Å². The lowest BCUT2D eigenvalue weighted by Gasteiger charge is -2.12. The Hall–Kier alpha value is -1.37. The van der Waals surface area contributed by atoms with Gasteiger partial charge in [0.25, 0.3) is 0 Å². The molecule has 0 fully saturated rings. The van der Waals surface area contributed by atoms with Crippen LogP contribution in [0, 0.1) is 6.92 Å². The number of benzene rings is 1. The summed E-state index contributed by atoms with van der Waals surface area (Å²) in [5, 5.41) is 0.